The van der Waals surface area contributed by atoms with Crippen molar-refractivity contribution >= 4 is 0 Å². The van der Waals surface area contributed by atoms with Crippen molar-refractivity contribution < 1.29 is 27.8 Å². The van der Waals surface area contributed by atoms with E-state index in [0.717, 1.165) is 29.8 Å². The van der Waals surface area contributed by atoms with Gasteiger partial charge in [-0.1, -0.05) is 0 Å². The summed E-state index contributed by atoms with van der Waals surface area (Å²) in [5.41, 5.74) is 0. The molecule has 7 nitrogen and oxygen atoms in total. The summed E-state index contributed by atoms with van der Waals surface area (Å²) in [4.78, 5) is 6.19. The Bertz CT molecular complexity index is 391. The monoisotopic (exact) mass is 285 g/mol. The van der Waals surface area contributed by atoms with Crippen LogP contribution in [-0.2, 0) is 27.8 Å². The van der Waals surface area contributed by atoms with E-state index in [-0.39, 0.29) is 23.2 Å². The molecule has 0 aliphatic rings. The molecule has 0 saturated heterocycles. The van der Waals surface area contributed by atoms with E-state index in [9.17, 15) is 0 Å². The minimum atomic E-state index is -6.17. The Balaban J connectivity index is -0.000000720. The molecule has 0 spiro atoms. The Morgan fingerprint density at radius 1 is 0.533 bits per heavy atom. The van der Waals surface area contributed by atoms with Gasteiger partial charge in [0.15, 0.2) is 0 Å². The molecule has 78 valence electrons. The second kappa shape index (κ2) is 3.98. The van der Waals surface area contributed by atoms with E-state index < -0.39 is 10.7 Å². The quantitative estimate of drug-likeness (QED) is 0.619. The van der Waals surface area contributed by atoms with Crippen LogP contribution >= 0.6 is 0 Å². The molecule has 0 radical (unpaired) electrons. The van der Waals surface area contributed by atoms with Crippen LogP contribution in [0.25, 0.3) is 0 Å². The zero-order valence-electron chi connectivity index (χ0n) is 7.10. The molecule has 0 aromatic carbocycles. The maximum absolute atomic E-state index is 8.58. The third kappa shape index (κ3) is 1.51. The molecule has 0 saturated carbocycles. The van der Waals surface area contributed by atoms with E-state index in [1.807, 2.05) is 0 Å². The van der Waals surface area contributed by atoms with Crippen molar-refractivity contribution in [2.75, 3.05) is 0 Å². The molecule has 9 heteroatoms. The molecule has 0 aromatic heterocycles. The smallest absolute Gasteiger partial charge is 0 e. The second-order valence-corrected chi connectivity index (χ2v) is 7.42. The first kappa shape index (κ1) is 18.7. The van der Waals surface area contributed by atoms with Crippen molar-refractivity contribution in [3.8, 4) is 29.8 Å². The van der Waals surface area contributed by atoms with Crippen molar-refractivity contribution in [3.05, 3.63) is 0 Å². The van der Waals surface area contributed by atoms with Crippen LogP contribution in [0.4, 0.5) is 0 Å². The van der Waals surface area contributed by atoms with E-state index in [0.29, 0.717) is 0 Å². The fourth-order valence-corrected chi connectivity index (χ4v) is 1.09. The summed E-state index contributed by atoms with van der Waals surface area (Å²) < 4.78 is 0. The van der Waals surface area contributed by atoms with Gasteiger partial charge in [0.1, 0.15) is 0 Å². The van der Waals surface area contributed by atoms with Crippen molar-refractivity contribution in [1.82, 2.24) is 6.15 Å². The van der Waals surface area contributed by atoms with Gasteiger partial charge in [-0.2, -0.15) is 0 Å². The Morgan fingerprint density at radius 3 is 0.667 bits per heavy atom. The predicted octanol–water partition coefficient (Wildman–Crippen LogP) is 0.258. The molecule has 0 unspecified atom stereocenters. The van der Waals surface area contributed by atoms with Gasteiger partial charge in [0.05, 0.1) is 0 Å². The molecule has 0 heterocycles. The van der Waals surface area contributed by atoms with Gasteiger partial charge >= 0.3 is 72.1 Å². The van der Waals surface area contributed by atoms with Crippen molar-refractivity contribution in [2.24, 2.45) is 0 Å². The average molecular weight is 285 g/mol. The molecule has 0 aromatic rings. The zero-order chi connectivity index (χ0) is 10.7. The molecule has 0 aliphatic carbocycles. The van der Waals surface area contributed by atoms with Crippen LogP contribution in [0.2, 0.25) is 0 Å². The topological polar surface area (TPSA) is 178 Å². The molecule has 0 rings (SSSR count). The van der Waals surface area contributed by atoms with Crippen LogP contribution < -0.4 is 6.15 Å². The molecule has 0 aliphatic heterocycles. The molecule has 0 amide bonds. The summed E-state index contributed by atoms with van der Waals surface area (Å²) in [5, 5.41) is 51.5. The molecule has 0 atom stereocenters. The maximum atomic E-state index is 8.58. The zero-order valence-corrected chi connectivity index (χ0v) is 9.31. The fraction of sp³-hybridized carbons (Fsp3) is 0. The summed E-state index contributed by atoms with van der Waals surface area (Å²) in [7, 11) is -6.17. The first-order valence-electron chi connectivity index (χ1n) is 2.40. The first-order valence-corrected chi connectivity index (χ1v) is 5.71. The summed E-state index contributed by atoms with van der Waals surface area (Å²) in [6.45, 7) is 0. The SMILES string of the molecule is N.N#[C][Fe]([C]#N)([C]#N)([C]#N)([C]#N)[C]#N.[Fe]. The molecule has 0 fully saturated rings. The Kier molecular flexibility index (Phi) is 4.96. The van der Waals surface area contributed by atoms with Crippen LogP contribution in [0.1, 0.15) is 0 Å². The fourth-order valence-electron chi connectivity index (χ4n) is 0.265. The Labute approximate surface area is 95.3 Å². The van der Waals surface area contributed by atoms with Crippen molar-refractivity contribution in [2.45, 2.75) is 0 Å². The van der Waals surface area contributed by atoms with Crippen molar-refractivity contribution in [3.63, 3.8) is 0 Å². The van der Waals surface area contributed by atoms with E-state index in [1.165, 1.54) is 0 Å². The number of nitrogens with zero attached hydrogens (tertiary/aromatic N) is 6. The molecule has 0 bridgehead atoms. The van der Waals surface area contributed by atoms with Crippen molar-refractivity contribution in [1.29, 1.82) is 31.6 Å². The average Bonchev–Trinajstić information content (AvgIpc) is 2.26. The second-order valence-electron chi connectivity index (χ2n) is 1.80. The Hall–Kier alpha value is -2.06. The molecule has 3 N–H and O–H groups in total. The summed E-state index contributed by atoms with van der Waals surface area (Å²) >= 11 is 0. The minimum absolute atomic E-state index is 0. The van der Waals surface area contributed by atoms with Gasteiger partial charge in [-0.15, -0.1) is 0 Å². The number of hydrogen-bond donors (Lipinski definition) is 1. The third-order valence-electron chi connectivity index (χ3n) is 1.19. The van der Waals surface area contributed by atoms with Gasteiger partial charge in [0.2, 0.25) is 0 Å². The summed E-state index contributed by atoms with van der Waals surface area (Å²) in [6, 6.07) is 0. The van der Waals surface area contributed by atoms with E-state index in [1.54, 1.807) is 0 Å². The number of nitriles is 6. The molecular formula is C6H3Fe2N7. The van der Waals surface area contributed by atoms with Gasteiger partial charge in [0, 0.05) is 17.1 Å². The normalized spacial score (nSPS) is 11.6. The van der Waals surface area contributed by atoms with Gasteiger partial charge in [-0.05, 0) is 0 Å². The first-order chi connectivity index (χ1) is 5.97. The summed E-state index contributed by atoms with van der Waals surface area (Å²) in [6.07, 6.45) is 0. The van der Waals surface area contributed by atoms with E-state index in [2.05, 4.69) is 0 Å². The maximum Gasteiger partial charge on any atom is 0 e. The van der Waals surface area contributed by atoms with Gasteiger partial charge < -0.3 is 6.15 Å². The standard InChI is InChI=1S/6CN.2Fe.H3N/c6*1-2;;;/h;;;;;;;;1H3. The van der Waals surface area contributed by atoms with Crippen LogP contribution in [0.3, 0.4) is 0 Å². The third-order valence-corrected chi connectivity index (χ3v) is 4.89. The largest absolute Gasteiger partial charge is 0 e. The number of rotatable bonds is 0. The van der Waals surface area contributed by atoms with Gasteiger partial charge in [-0.25, -0.2) is 0 Å². The predicted molar refractivity (Wildman–Crippen MR) is 38.7 cm³/mol. The van der Waals surface area contributed by atoms with Crippen LogP contribution in [0.15, 0.2) is 0 Å². The molecular weight excluding hydrogens is 282 g/mol. The summed E-state index contributed by atoms with van der Waals surface area (Å²) in [5.74, 6) is 0. The van der Waals surface area contributed by atoms with Crippen LogP contribution in [0, 0.1) is 61.4 Å². The van der Waals surface area contributed by atoms with Crippen LogP contribution in [-0.4, -0.2) is 0 Å². The van der Waals surface area contributed by atoms with Gasteiger partial charge in [0.25, 0.3) is 0 Å². The van der Waals surface area contributed by atoms with E-state index in [4.69, 9.17) is 31.6 Å². The van der Waals surface area contributed by atoms with Crippen LogP contribution in [0.5, 0.6) is 0 Å². The van der Waals surface area contributed by atoms with E-state index >= 15 is 0 Å². The number of hydrogen-bond acceptors (Lipinski definition) is 7. The minimum Gasteiger partial charge on any atom is 0 e. The van der Waals surface area contributed by atoms with Gasteiger partial charge in [-0.3, -0.25) is 0 Å². The Morgan fingerprint density at radius 2 is 0.667 bits per heavy atom. The molecule has 15 heavy (non-hydrogen) atoms.